The van der Waals surface area contributed by atoms with Crippen molar-refractivity contribution in [2.45, 2.75) is 11.1 Å². The molecule has 0 aliphatic heterocycles. The number of rotatable bonds is 4. The van der Waals surface area contributed by atoms with Gasteiger partial charge in [-0.3, -0.25) is 4.79 Å². The summed E-state index contributed by atoms with van der Waals surface area (Å²) in [4.78, 5) is 11.3. The van der Waals surface area contributed by atoms with Crippen molar-refractivity contribution in [3.63, 3.8) is 0 Å². The molecular weight excluding hydrogens is 395 g/mol. The normalized spacial score (nSPS) is 17.2. The van der Waals surface area contributed by atoms with Crippen LogP contribution in [0.15, 0.2) is 65.6 Å². The summed E-state index contributed by atoms with van der Waals surface area (Å²) in [5.41, 5.74) is 1.05. The molecule has 0 spiro atoms. The predicted molar refractivity (Wildman–Crippen MR) is 96.3 cm³/mol. The van der Waals surface area contributed by atoms with Gasteiger partial charge in [0, 0.05) is 0 Å². The Bertz CT molecular complexity index is 1080. The van der Waals surface area contributed by atoms with E-state index in [2.05, 4.69) is 0 Å². The number of sulfonamides is 1. The van der Waals surface area contributed by atoms with E-state index in [-0.39, 0.29) is 4.90 Å². The molecule has 146 valence electrons. The zero-order valence-corrected chi connectivity index (χ0v) is 15.0. The van der Waals surface area contributed by atoms with Crippen LogP contribution in [0.3, 0.4) is 0 Å². The van der Waals surface area contributed by atoms with E-state index in [9.17, 15) is 31.5 Å². The second-order valence-electron chi connectivity index (χ2n) is 6.17. The molecule has 28 heavy (non-hydrogen) atoms. The molecule has 0 radical (unpaired) electrons. The van der Waals surface area contributed by atoms with Gasteiger partial charge < -0.3 is 5.11 Å². The minimum absolute atomic E-state index is 0.107. The molecule has 1 aliphatic carbocycles. The largest absolute Gasteiger partial charge is 0.481 e. The number of benzene rings is 2. The van der Waals surface area contributed by atoms with Crippen LogP contribution < -0.4 is 5.14 Å². The first-order valence-corrected chi connectivity index (χ1v) is 9.49. The molecule has 2 aromatic carbocycles. The summed E-state index contributed by atoms with van der Waals surface area (Å²) < 4.78 is 61.1. The van der Waals surface area contributed by atoms with Crippen LogP contribution in [0.25, 0.3) is 11.1 Å². The van der Waals surface area contributed by atoms with E-state index < -0.39 is 33.7 Å². The average molecular weight is 409 g/mol. The molecule has 0 aromatic heterocycles. The molecule has 0 bridgehead atoms. The fourth-order valence-corrected chi connectivity index (χ4v) is 3.41. The van der Waals surface area contributed by atoms with Crippen molar-refractivity contribution in [2.24, 2.45) is 11.1 Å². The van der Waals surface area contributed by atoms with Gasteiger partial charge in [0.2, 0.25) is 10.0 Å². The van der Waals surface area contributed by atoms with Crippen molar-refractivity contribution in [3.8, 4) is 0 Å². The van der Waals surface area contributed by atoms with E-state index in [1.165, 1.54) is 48.6 Å². The van der Waals surface area contributed by atoms with Crippen LogP contribution in [0.5, 0.6) is 0 Å². The van der Waals surface area contributed by atoms with Crippen molar-refractivity contribution in [1.82, 2.24) is 0 Å². The summed E-state index contributed by atoms with van der Waals surface area (Å²) in [6.45, 7) is 0. The standard InChI is InChI=1S/C19H14F3NO4S/c20-19(21,22)14-5-1-11(2-6-14)16-9-13(18(24)25)10-17(16)12-3-7-15(8-4-12)28(23,26)27/h1-10,13H,(H,24,25)(H2,23,26,27). The van der Waals surface area contributed by atoms with Crippen LogP contribution in [0.4, 0.5) is 13.2 Å². The summed E-state index contributed by atoms with van der Waals surface area (Å²) in [7, 11) is -3.89. The number of hydrogen-bond acceptors (Lipinski definition) is 3. The molecule has 1 unspecified atom stereocenters. The number of aliphatic carboxylic acids is 1. The fourth-order valence-electron chi connectivity index (χ4n) is 2.90. The maximum atomic E-state index is 12.8. The lowest BCUT2D eigenvalue weighted by Crippen LogP contribution is -2.11. The quantitative estimate of drug-likeness (QED) is 0.807. The molecule has 3 N–H and O–H groups in total. The highest BCUT2D eigenvalue weighted by molar-refractivity contribution is 7.89. The van der Waals surface area contributed by atoms with Gasteiger partial charge in [-0.2, -0.15) is 13.2 Å². The molecule has 5 nitrogen and oxygen atoms in total. The van der Waals surface area contributed by atoms with Gasteiger partial charge >= 0.3 is 12.1 Å². The third kappa shape index (κ3) is 4.00. The summed E-state index contributed by atoms with van der Waals surface area (Å²) in [6, 6.07) is 9.88. The van der Waals surface area contributed by atoms with E-state index in [1.54, 1.807) is 0 Å². The predicted octanol–water partition coefficient (Wildman–Crippen LogP) is 3.53. The SMILES string of the molecule is NS(=O)(=O)c1ccc(C2=CC(C(=O)O)C=C2c2ccc(C(F)(F)F)cc2)cc1. The van der Waals surface area contributed by atoms with Gasteiger partial charge in [0.25, 0.3) is 0 Å². The van der Waals surface area contributed by atoms with Crippen LogP contribution in [0.2, 0.25) is 0 Å². The third-order valence-electron chi connectivity index (χ3n) is 4.28. The van der Waals surface area contributed by atoms with Crippen molar-refractivity contribution in [3.05, 3.63) is 77.4 Å². The highest BCUT2D eigenvalue weighted by atomic mass is 32.2. The Morgan fingerprint density at radius 2 is 1.32 bits per heavy atom. The number of primary sulfonamides is 1. The Hall–Kier alpha value is -2.91. The van der Waals surface area contributed by atoms with Gasteiger partial charge in [-0.1, -0.05) is 36.4 Å². The van der Waals surface area contributed by atoms with E-state index >= 15 is 0 Å². The minimum atomic E-state index is -4.48. The molecule has 2 aromatic rings. The van der Waals surface area contributed by atoms with Crippen LogP contribution in [0, 0.1) is 5.92 Å². The molecule has 0 saturated heterocycles. The molecule has 0 heterocycles. The Kier molecular flexibility index (Phi) is 4.90. The second kappa shape index (κ2) is 6.92. The molecule has 0 fully saturated rings. The molecule has 0 saturated carbocycles. The van der Waals surface area contributed by atoms with E-state index in [4.69, 9.17) is 5.14 Å². The maximum absolute atomic E-state index is 12.8. The number of hydrogen-bond donors (Lipinski definition) is 2. The fraction of sp³-hybridized carbons (Fsp3) is 0.105. The Balaban J connectivity index is 2.03. The van der Waals surface area contributed by atoms with Crippen LogP contribution in [0.1, 0.15) is 16.7 Å². The van der Waals surface area contributed by atoms with Gasteiger partial charge in [0.05, 0.1) is 16.4 Å². The van der Waals surface area contributed by atoms with Gasteiger partial charge in [-0.05, 0) is 46.5 Å². The first kappa shape index (κ1) is 19.8. The Morgan fingerprint density at radius 3 is 1.68 bits per heavy atom. The smallest absolute Gasteiger partial charge is 0.416 e. The highest BCUT2D eigenvalue weighted by Gasteiger charge is 2.31. The maximum Gasteiger partial charge on any atom is 0.416 e. The zero-order valence-electron chi connectivity index (χ0n) is 14.1. The number of carboxylic acid groups (broad SMARTS) is 1. The van der Waals surface area contributed by atoms with E-state index in [0.717, 1.165) is 12.1 Å². The molecular formula is C19H14F3NO4S. The lowest BCUT2D eigenvalue weighted by Gasteiger charge is -2.12. The van der Waals surface area contributed by atoms with Crippen LogP contribution in [-0.4, -0.2) is 19.5 Å². The van der Waals surface area contributed by atoms with Gasteiger partial charge in [-0.15, -0.1) is 0 Å². The van der Waals surface area contributed by atoms with E-state index in [1.807, 2.05) is 0 Å². The van der Waals surface area contributed by atoms with Gasteiger partial charge in [-0.25, -0.2) is 13.6 Å². The summed E-state index contributed by atoms with van der Waals surface area (Å²) in [6.07, 6.45) is -1.58. The number of carbonyl (C=O) groups is 1. The van der Waals surface area contributed by atoms with Crippen molar-refractivity contribution >= 4 is 27.1 Å². The summed E-state index contributed by atoms with van der Waals surface area (Å²) in [5.74, 6) is -2.06. The lowest BCUT2D eigenvalue weighted by atomic mass is 9.94. The Labute approximate surface area is 158 Å². The molecule has 9 heteroatoms. The topological polar surface area (TPSA) is 97.5 Å². The molecule has 1 aliphatic rings. The van der Waals surface area contributed by atoms with Crippen molar-refractivity contribution in [1.29, 1.82) is 0 Å². The number of halogens is 3. The first-order chi connectivity index (χ1) is 13.0. The monoisotopic (exact) mass is 409 g/mol. The summed E-state index contributed by atoms with van der Waals surface area (Å²) >= 11 is 0. The molecule has 3 rings (SSSR count). The first-order valence-electron chi connectivity index (χ1n) is 7.94. The van der Waals surface area contributed by atoms with Gasteiger partial charge in [0.1, 0.15) is 0 Å². The third-order valence-corrected chi connectivity index (χ3v) is 5.21. The number of nitrogens with two attached hydrogens (primary N) is 1. The van der Waals surface area contributed by atoms with Crippen LogP contribution in [-0.2, 0) is 21.0 Å². The minimum Gasteiger partial charge on any atom is -0.481 e. The number of allylic oxidation sites excluding steroid dienone is 2. The van der Waals surface area contributed by atoms with Crippen molar-refractivity contribution < 1.29 is 31.5 Å². The second-order valence-corrected chi connectivity index (χ2v) is 7.73. The zero-order chi connectivity index (χ0) is 20.7. The molecule has 0 amide bonds. The van der Waals surface area contributed by atoms with Crippen LogP contribution >= 0.6 is 0 Å². The number of alkyl halides is 3. The van der Waals surface area contributed by atoms with E-state index in [0.29, 0.717) is 22.3 Å². The lowest BCUT2D eigenvalue weighted by molar-refractivity contribution is -0.139. The number of carboxylic acids is 1. The average Bonchev–Trinajstić information content (AvgIpc) is 3.06. The Morgan fingerprint density at radius 1 is 0.893 bits per heavy atom. The summed E-state index contributed by atoms with van der Waals surface area (Å²) in [5, 5.41) is 14.4. The van der Waals surface area contributed by atoms with Crippen molar-refractivity contribution in [2.75, 3.05) is 0 Å². The van der Waals surface area contributed by atoms with Gasteiger partial charge in [0.15, 0.2) is 0 Å². The highest BCUT2D eigenvalue weighted by Crippen LogP contribution is 2.40. The molecule has 1 atom stereocenters.